The van der Waals surface area contributed by atoms with Crippen LogP contribution in [0.25, 0.3) is 0 Å². The summed E-state index contributed by atoms with van der Waals surface area (Å²) >= 11 is 0. The zero-order valence-corrected chi connectivity index (χ0v) is 16.2. The number of likely N-dealkylation sites (N-methyl/N-ethyl adjacent to an activating group) is 3. The monoisotopic (exact) mass is 357 g/mol. The van der Waals surface area contributed by atoms with Crippen molar-refractivity contribution in [1.29, 1.82) is 0 Å². The third-order valence-electron chi connectivity index (χ3n) is 3.79. The van der Waals surface area contributed by atoms with Crippen LogP contribution in [0, 0.1) is 5.41 Å². The molecule has 0 rings (SSSR count). The van der Waals surface area contributed by atoms with E-state index >= 15 is 0 Å². The number of Topliss-reactive ketones (excluding diaryl/α,β-unsaturated/α-hetero) is 1. The Hall–Kier alpha value is -1.77. The van der Waals surface area contributed by atoms with Crippen LogP contribution >= 0.6 is 0 Å². The Morgan fingerprint density at radius 2 is 1.52 bits per heavy atom. The van der Waals surface area contributed by atoms with Crippen LogP contribution in [0.5, 0.6) is 0 Å². The average molecular weight is 357 g/mol. The van der Waals surface area contributed by atoms with Gasteiger partial charge in [0.15, 0.2) is 5.78 Å². The van der Waals surface area contributed by atoms with Crippen LogP contribution in [0.2, 0.25) is 0 Å². The minimum Gasteiger partial charge on any atom is -0.462 e. The van der Waals surface area contributed by atoms with Crippen LogP contribution in [0.4, 0.5) is 0 Å². The third-order valence-corrected chi connectivity index (χ3v) is 3.79. The largest absolute Gasteiger partial charge is 0.462 e. The summed E-state index contributed by atoms with van der Waals surface area (Å²) in [6.07, 6.45) is 0. The van der Waals surface area contributed by atoms with Gasteiger partial charge in [0, 0.05) is 11.0 Å². The first-order valence-electron chi connectivity index (χ1n) is 8.06. The fraction of sp³-hybridized carbons (Fsp3) is 0.706. The van der Waals surface area contributed by atoms with Gasteiger partial charge in [-0.1, -0.05) is 20.4 Å². The van der Waals surface area contributed by atoms with Gasteiger partial charge in [-0.05, 0) is 35.0 Å². The van der Waals surface area contributed by atoms with Crippen molar-refractivity contribution in [3.8, 4) is 0 Å². The van der Waals surface area contributed by atoms with Crippen LogP contribution in [-0.4, -0.2) is 63.8 Å². The van der Waals surface area contributed by atoms with Gasteiger partial charge in [-0.2, -0.15) is 0 Å². The summed E-state index contributed by atoms with van der Waals surface area (Å²) in [5, 5.41) is 8.22. The summed E-state index contributed by atoms with van der Waals surface area (Å²) in [6, 6.07) is -0.558. The van der Waals surface area contributed by atoms with Crippen molar-refractivity contribution < 1.29 is 23.9 Å². The molecule has 144 valence electrons. The predicted octanol–water partition coefficient (Wildman–Crippen LogP) is -0.0128. The van der Waals surface area contributed by atoms with Crippen molar-refractivity contribution in [1.82, 2.24) is 16.0 Å². The fourth-order valence-electron chi connectivity index (χ4n) is 1.93. The van der Waals surface area contributed by atoms with Crippen molar-refractivity contribution in [2.75, 3.05) is 34.4 Å². The number of ether oxygens (including phenoxy) is 2. The van der Waals surface area contributed by atoms with Crippen LogP contribution in [0.3, 0.4) is 0 Å². The SMILES string of the molecule is C=C(C)C(=O)OCC(C)(C)COC(=O)C(NC)(NC)C(=O)C(C)NC. The minimum atomic E-state index is -1.66. The van der Waals surface area contributed by atoms with Gasteiger partial charge in [-0.25, -0.2) is 9.59 Å². The summed E-state index contributed by atoms with van der Waals surface area (Å²) in [5.74, 6) is -1.64. The number of carbonyl (C=O) groups is 3. The highest BCUT2D eigenvalue weighted by Crippen LogP contribution is 2.18. The number of hydrogen-bond donors (Lipinski definition) is 3. The highest BCUT2D eigenvalue weighted by atomic mass is 16.6. The number of nitrogens with one attached hydrogen (secondary N) is 3. The van der Waals surface area contributed by atoms with Gasteiger partial charge in [-0.15, -0.1) is 0 Å². The molecule has 0 aromatic carbocycles. The molecule has 25 heavy (non-hydrogen) atoms. The fourth-order valence-corrected chi connectivity index (χ4v) is 1.93. The summed E-state index contributed by atoms with van der Waals surface area (Å²) in [5.41, 5.74) is -1.98. The number of carbonyl (C=O) groups excluding carboxylic acids is 3. The molecule has 0 radical (unpaired) electrons. The number of hydrogen-bond acceptors (Lipinski definition) is 8. The number of ketones is 1. The molecule has 0 saturated carbocycles. The summed E-state index contributed by atoms with van der Waals surface area (Å²) < 4.78 is 10.4. The van der Waals surface area contributed by atoms with E-state index < -0.39 is 34.8 Å². The van der Waals surface area contributed by atoms with E-state index in [-0.39, 0.29) is 13.2 Å². The van der Waals surface area contributed by atoms with E-state index in [1.54, 1.807) is 34.7 Å². The molecule has 0 fully saturated rings. The van der Waals surface area contributed by atoms with Crippen molar-refractivity contribution in [2.24, 2.45) is 5.41 Å². The normalized spacial score (nSPS) is 13.1. The molecule has 8 nitrogen and oxygen atoms in total. The first-order chi connectivity index (χ1) is 11.5. The van der Waals surface area contributed by atoms with E-state index in [4.69, 9.17) is 9.47 Å². The highest BCUT2D eigenvalue weighted by Gasteiger charge is 2.47. The Kier molecular flexibility index (Phi) is 8.96. The summed E-state index contributed by atoms with van der Waals surface area (Å²) in [6.45, 7) is 10.3. The molecule has 1 unspecified atom stereocenters. The van der Waals surface area contributed by atoms with Crippen LogP contribution in [0.15, 0.2) is 12.2 Å². The van der Waals surface area contributed by atoms with Crippen molar-refractivity contribution >= 4 is 17.7 Å². The molecule has 0 aliphatic rings. The molecule has 1 atom stereocenters. The van der Waals surface area contributed by atoms with Gasteiger partial charge in [0.1, 0.15) is 0 Å². The second-order valence-corrected chi connectivity index (χ2v) is 6.72. The second kappa shape index (κ2) is 9.65. The molecule has 0 saturated heterocycles. The van der Waals surface area contributed by atoms with Crippen molar-refractivity contribution in [2.45, 2.75) is 39.4 Å². The molecule has 0 amide bonds. The molecule has 0 aliphatic heterocycles. The molecular formula is C17H31N3O5. The summed E-state index contributed by atoms with van der Waals surface area (Å²) in [4.78, 5) is 36.6. The molecule has 0 aliphatic carbocycles. The first kappa shape index (κ1) is 23.2. The van der Waals surface area contributed by atoms with Crippen LogP contribution < -0.4 is 16.0 Å². The smallest absolute Gasteiger partial charge is 0.349 e. The molecule has 0 spiro atoms. The lowest BCUT2D eigenvalue weighted by molar-refractivity contribution is -0.161. The lowest BCUT2D eigenvalue weighted by Gasteiger charge is -2.33. The molecular weight excluding hydrogens is 326 g/mol. The highest BCUT2D eigenvalue weighted by molar-refractivity contribution is 6.10. The van der Waals surface area contributed by atoms with Gasteiger partial charge < -0.3 is 14.8 Å². The van der Waals surface area contributed by atoms with Crippen LogP contribution in [0.1, 0.15) is 27.7 Å². The molecule has 3 N–H and O–H groups in total. The molecule has 0 aromatic heterocycles. The third kappa shape index (κ3) is 6.22. The summed E-state index contributed by atoms with van der Waals surface area (Å²) in [7, 11) is 4.62. The molecule has 0 aromatic rings. The average Bonchev–Trinajstić information content (AvgIpc) is 2.58. The zero-order chi connectivity index (χ0) is 19.8. The molecule has 8 heteroatoms. The van der Waals surface area contributed by atoms with E-state index in [9.17, 15) is 14.4 Å². The van der Waals surface area contributed by atoms with Crippen molar-refractivity contribution in [3.05, 3.63) is 12.2 Å². The predicted molar refractivity (Wildman–Crippen MR) is 94.9 cm³/mol. The van der Waals surface area contributed by atoms with E-state index in [0.717, 1.165) is 0 Å². The first-order valence-corrected chi connectivity index (χ1v) is 8.06. The molecule has 0 bridgehead atoms. The quantitative estimate of drug-likeness (QED) is 0.205. The van der Waals surface area contributed by atoms with Gasteiger partial charge in [0.05, 0.1) is 19.3 Å². The Balaban J connectivity index is 5.00. The van der Waals surface area contributed by atoms with E-state index in [1.165, 1.54) is 14.1 Å². The standard InChI is InChI=1S/C17H31N3O5/c1-11(2)14(22)24-9-16(4,5)10-25-15(23)17(19-7,20-8)13(21)12(3)18-6/h12,18-20H,1,9-10H2,2-8H3. The Labute approximate surface area is 149 Å². The number of esters is 2. The Bertz CT molecular complexity index is 512. The number of rotatable bonds is 11. The second-order valence-electron chi connectivity index (χ2n) is 6.72. The van der Waals surface area contributed by atoms with Crippen molar-refractivity contribution in [3.63, 3.8) is 0 Å². The van der Waals surface area contributed by atoms with Gasteiger partial charge in [0.25, 0.3) is 0 Å². The van der Waals surface area contributed by atoms with Crippen LogP contribution in [-0.2, 0) is 23.9 Å². The molecule has 0 heterocycles. The van der Waals surface area contributed by atoms with Gasteiger partial charge >= 0.3 is 11.9 Å². The van der Waals surface area contributed by atoms with E-state index in [2.05, 4.69) is 22.5 Å². The Morgan fingerprint density at radius 3 is 1.92 bits per heavy atom. The topological polar surface area (TPSA) is 106 Å². The lowest BCUT2D eigenvalue weighted by atomic mass is 9.95. The maximum atomic E-state index is 12.6. The maximum Gasteiger partial charge on any atom is 0.349 e. The maximum absolute atomic E-state index is 12.6. The van der Waals surface area contributed by atoms with E-state index in [0.29, 0.717) is 5.57 Å². The minimum absolute atomic E-state index is 0.0262. The van der Waals surface area contributed by atoms with Gasteiger partial charge in [-0.3, -0.25) is 15.4 Å². The zero-order valence-electron chi connectivity index (χ0n) is 16.2. The lowest BCUT2D eigenvalue weighted by Crippen LogP contribution is -2.69. The van der Waals surface area contributed by atoms with E-state index in [1.807, 2.05) is 0 Å². The van der Waals surface area contributed by atoms with Gasteiger partial charge in [0.2, 0.25) is 5.66 Å². The Morgan fingerprint density at radius 1 is 1.04 bits per heavy atom.